The van der Waals surface area contributed by atoms with E-state index < -0.39 is 6.04 Å². The van der Waals surface area contributed by atoms with Gasteiger partial charge in [0.15, 0.2) is 0 Å². The number of carbonyl (C=O) groups is 1. The number of hydrogen-bond donors (Lipinski definition) is 2. The summed E-state index contributed by atoms with van der Waals surface area (Å²) in [5.74, 6) is -0.370. The third kappa shape index (κ3) is 2.43. The predicted octanol–water partition coefficient (Wildman–Crippen LogP) is 2.00. The van der Waals surface area contributed by atoms with Gasteiger partial charge in [0.25, 0.3) is 0 Å². The number of methoxy groups -OCH3 is 1. The number of benzene rings is 1. The Morgan fingerprint density at radius 3 is 3.00 bits per heavy atom. The lowest BCUT2D eigenvalue weighted by Crippen LogP contribution is -2.33. The minimum atomic E-state index is -0.541. The molecule has 5 heteroatoms. The monoisotopic (exact) mass is 252 g/mol. The SMILES string of the molecule is COC(=O)C(Cc1c[nH]c2ccccc12)NCl. The van der Waals surface area contributed by atoms with Gasteiger partial charge in [0.1, 0.15) is 6.04 Å². The maximum absolute atomic E-state index is 11.4. The van der Waals surface area contributed by atoms with Crippen molar-refractivity contribution >= 4 is 28.6 Å². The molecule has 17 heavy (non-hydrogen) atoms. The summed E-state index contributed by atoms with van der Waals surface area (Å²) in [6.45, 7) is 0. The average molecular weight is 253 g/mol. The number of para-hydroxylation sites is 1. The van der Waals surface area contributed by atoms with Crippen molar-refractivity contribution in [1.82, 2.24) is 9.82 Å². The number of H-pyrrole nitrogens is 1. The van der Waals surface area contributed by atoms with Gasteiger partial charge in [-0.05, 0) is 23.4 Å². The zero-order valence-electron chi connectivity index (χ0n) is 9.37. The molecule has 0 aliphatic carbocycles. The molecule has 1 aromatic heterocycles. The number of nitrogens with one attached hydrogen (secondary N) is 2. The lowest BCUT2D eigenvalue weighted by atomic mass is 10.1. The summed E-state index contributed by atoms with van der Waals surface area (Å²) in [4.78, 5) is 17.0. The maximum Gasteiger partial charge on any atom is 0.324 e. The van der Waals surface area contributed by atoms with Crippen molar-refractivity contribution in [3.8, 4) is 0 Å². The fraction of sp³-hybridized carbons (Fsp3) is 0.250. The summed E-state index contributed by atoms with van der Waals surface area (Å²) in [6, 6.07) is 7.37. The van der Waals surface area contributed by atoms with Crippen LogP contribution in [0.1, 0.15) is 5.56 Å². The van der Waals surface area contributed by atoms with Gasteiger partial charge in [-0.2, -0.15) is 0 Å². The summed E-state index contributed by atoms with van der Waals surface area (Å²) >= 11 is 5.55. The highest BCUT2D eigenvalue weighted by Gasteiger charge is 2.19. The first-order valence-electron chi connectivity index (χ1n) is 5.25. The van der Waals surface area contributed by atoms with Crippen LogP contribution >= 0.6 is 11.8 Å². The van der Waals surface area contributed by atoms with Crippen LogP contribution in [0.15, 0.2) is 30.5 Å². The fourth-order valence-electron chi connectivity index (χ4n) is 1.83. The number of halogens is 1. The summed E-state index contributed by atoms with van der Waals surface area (Å²) in [7, 11) is 1.35. The molecular formula is C12H13ClN2O2. The smallest absolute Gasteiger partial charge is 0.324 e. The van der Waals surface area contributed by atoms with E-state index >= 15 is 0 Å². The summed E-state index contributed by atoms with van der Waals surface area (Å²) in [5, 5.41) is 1.09. The van der Waals surface area contributed by atoms with Crippen LogP contribution in [0.3, 0.4) is 0 Å². The topological polar surface area (TPSA) is 54.1 Å². The molecule has 90 valence electrons. The number of aromatic amines is 1. The molecule has 0 aliphatic rings. The Bertz CT molecular complexity index is 524. The average Bonchev–Trinajstić information content (AvgIpc) is 2.78. The predicted molar refractivity (Wildman–Crippen MR) is 66.8 cm³/mol. The molecule has 2 aromatic rings. The van der Waals surface area contributed by atoms with E-state index in [4.69, 9.17) is 11.8 Å². The van der Waals surface area contributed by atoms with Gasteiger partial charge in [-0.3, -0.25) is 4.79 Å². The Balaban J connectivity index is 2.25. The molecular weight excluding hydrogens is 240 g/mol. The molecule has 0 fully saturated rings. The number of esters is 1. The van der Waals surface area contributed by atoms with Gasteiger partial charge >= 0.3 is 5.97 Å². The second kappa shape index (κ2) is 5.21. The number of carbonyl (C=O) groups excluding carboxylic acids is 1. The van der Waals surface area contributed by atoms with E-state index in [1.54, 1.807) is 0 Å². The number of ether oxygens (including phenoxy) is 1. The normalized spacial score (nSPS) is 12.6. The molecule has 0 saturated heterocycles. The van der Waals surface area contributed by atoms with Crippen LogP contribution in [-0.2, 0) is 16.0 Å². The van der Waals surface area contributed by atoms with Crippen LogP contribution in [0.4, 0.5) is 0 Å². The Labute approximate surface area is 104 Å². The van der Waals surface area contributed by atoms with Crippen LogP contribution in [0.5, 0.6) is 0 Å². The van der Waals surface area contributed by atoms with E-state index in [0.717, 1.165) is 16.5 Å². The van der Waals surface area contributed by atoms with Crippen molar-refractivity contribution in [2.75, 3.05) is 7.11 Å². The first kappa shape index (κ1) is 12.0. The molecule has 4 nitrogen and oxygen atoms in total. The Morgan fingerprint density at radius 2 is 2.29 bits per heavy atom. The molecule has 0 saturated carbocycles. The Morgan fingerprint density at radius 1 is 1.53 bits per heavy atom. The molecule has 1 aromatic carbocycles. The van der Waals surface area contributed by atoms with Crippen molar-refractivity contribution in [1.29, 1.82) is 0 Å². The zero-order chi connectivity index (χ0) is 12.3. The van der Waals surface area contributed by atoms with Gasteiger partial charge in [0.05, 0.1) is 7.11 Å². The first-order chi connectivity index (χ1) is 8.26. The highest BCUT2D eigenvalue weighted by Crippen LogP contribution is 2.19. The Hall–Kier alpha value is -1.52. The summed E-state index contributed by atoms with van der Waals surface area (Å²) in [6.07, 6.45) is 2.37. The van der Waals surface area contributed by atoms with Crippen LogP contribution in [0.2, 0.25) is 0 Å². The van der Waals surface area contributed by atoms with Gasteiger partial charge in [-0.15, -0.1) is 0 Å². The van der Waals surface area contributed by atoms with Crippen molar-refractivity contribution in [3.05, 3.63) is 36.0 Å². The number of rotatable bonds is 4. The summed E-state index contributed by atoms with van der Waals surface area (Å²) in [5.41, 5.74) is 2.07. The molecule has 0 aliphatic heterocycles. The van der Waals surface area contributed by atoms with Crippen LogP contribution in [0.25, 0.3) is 10.9 Å². The van der Waals surface area contributed by atoms with Crippen molar-refractivity contribution in [2.45, 2.75) is 12.5 Å². The van der Waals surface area contributed by atoms with E-state index in [0.29, 0.717) is 6.42 Å². The lowest BCUT2D eigenvalue weighted by Gasteiger charge is -2.11. The number of fused-ring (bicyclic) bond motifs is 1. The van der Waals surface area contributed by atoms with Gasteiger partial charge in [0.2, 0.25) is 0 Å². The molecule has 1 atom stereocenters. The molecule has 0 bridgehead atoms. The molecule has 1 heterocycles. The quantitative estimate of drug-likeness (QED) is 0.646. The van der Waals surface area contributed by atoms with Gasteiger partial charge in [-0.1, -0.05) is 18.2 Å². The third-order valence-electron chi connectivity index (χ3n) is 2.72. The largest absolute Gasteiger partial charge is 0.468 e. The van der Waals surface area contributed by atoms with Gasteiger partial charge in [-0.25, -0.2) is 4.84 Å². The molecule has 2 N–H and O–H groups in total. The highest BCUT2D eigenvalue weighted by atomic mass is 35.5. The summed E-state index contributed by atoms with van der Waals surface area (Å²) < 4.78 is 4.67. The van der Waals surface area contributed by atoms with Crippen LogP contribution < -0.4 is 4.84 Å². The third-order valence-corrected chi connectivity index (χ3v) is 2.98. The second-order valence-corrected chi connectivity index (χ2v) is 3.97. The highest BCUT2D eigenvalue weighted by molar-refractivity contribution is 6.14. The number of hydrogen-bond acceptors (Lipinski definition) is 3. The van der Waals surface area contributed by atoms with Crippen LogP contribution in [0, 0.1) is 0 Å². The van der Waals surface area contributed by atoms with Crippen molar-refractivity contribution in [2.24, 2.45) is 0 Å². The van der Waals surface area contributed by atoms with E-state index in [9.17, 15) is 4.79 Å². The molecule has 0 spiro atoms. The standard InChI is InChI=1S/C12H13ClN2O2/c1-17-12(16)11(15-13)6-8-7-14-10-5-3-2-4-9(8)10/h2-5,7,11,14-15H,6H2,1H3. The van der Waals surface area contributed by atoms with Crippen molar-refractivity contribution < 1.29 is 9.53 Å². The minimum Gasteiger partial charge on any atom is -0.468 e. The molecule has 0 amide bonds. The first-order valence-corrected chi connectivity index (χ1v) is 5.63. The Kier molecular flexibility index (Phi) is 3.66. The van der Waals surface area contributed by atoms with Gasteiger partial charge in [0, 0.05) is 23.5 Å². The molecule has 2 rings (SSSR count). The number of aromatic nitrogens is 1. The molecule has 1 unspecified atom stereocenters. The lowest BCUT2D eigenvalue weighted by molar-refractivity contribution is -0.142. The van der Waals surface area contributed by atoms with Gasteiger partial charge < -0.3 is 9.72 Å². The van der Waals surface area contributed by atoms with E-state index in [-0.39, 0.29) is 5.97 Å². The maximum atomic E-state index is 11.4. The second-order valence-electron chi connectivity index (χ2n) is 3.75. The minimum absolute atomic E-state index is 0.370. The van der Waals surface area contributed by atoms with Crippen molar-refractivity contribution in [3.63, 3.8) is 0 Å². The van der Waals surface area contributed by atoms with E-state index in [1.165, 1.54) is 7.11 Å². The zero-order valence-corrected chi connectivity index (χ0v) is 10.1. The van der Waals surface area contributed by atoms with E-state index in [1.807, 2.05) is 30.5 Å². The molecule has 0 radical (unpaired) electrons. The van der Waals surface area contributed by atoms with E-state index in [2.05, 4.69) is 14.6 Å². The fourth-order valence-corrected chi connectivity index (χ4v) is 2.00. The van der Waals surface area contributed by atoms with Crippen LogP contribution in [-0.4, -0.2) is 24.1 Å².